The summed E-state index contributed by atoms with van der Waals surface area (Å²) in [4.78, 5) is 21.9. The Bertz CT molecular complexity index is 201. The summed E-state index contributed by atoms with van der Waals surface area (Å²) < 4.78 is 0. The van der Waals surface area contributed by atoms with Gasteiger partial charge in [0.1, 0.15) is 6.29 Å². The van der Waals surface area contributed by atoms with Crippen molar-refractivity contribution in [2.24, 2.45) is 17.8 Å². The first-order valence-electron chi connectivity index (χ1n) is 4.88. The minimum atomic E-state index is 0.0360. The highest BCUT2D eigenvalue weighted by Crippen LogP contribution is 2.23. The summed E-state index contributed by atoms with van der Waals surface area (Å²) in [5, 5.41) is 2.78. The van der Waals surface area contributed by atoms with E-state index in [1.807, 2.05) is 13.8 Å². The van der Waals surface area contributed by atoms with Crippen LogP contribution in [0.3, 0.4) is 0 Å². The lowest BCUT2D eigenvalue weighted by Crippen LogP contribution is -2.23. The van der Waals surface area contributed by atoms with Crippen LogP contribution in [-0.2, 0) is 9.59 Å². The molecule has 0 aromatic heterocycles. The van der Waals surface area contributed by atoms with Gasteiger partial charge in [-0.1, -0.05) is 13.8 Å². The predicted molar refractivity (Wildman–Crippen MR) is 50.1 cm³/mol. The number of aldehydes is 1. The van der Waals surface area contributed by atoms with E-state index in [2.05, 4.69) is 5.32 Å². The first kappa shape index (κ1) is 10.2. The van der Waals surface area contributed by atoms with Crippen LogP contribution in [0.4, 0.5) is 0 Å². The molecule has 0 radical (unpaired) electrons. The summed E-state index contributed by atoms with van der Waals surface area (Å²) in [5.41, 5.74) is 0. The van der Waals surface area contributed by atoms with E-state index in [0.29, 0.717) is 12.3 Å². The van der Waals surface area contributed by atoms with E-state index >= 15 is 0 Å². The molecule has 0 unspecified atom stereocenters. The maximum atomic E-state index is 11.2. The molecule has 2 atom stereocenters. The van der Waals surface area contributed by atoms with Crippen molar-refractivity contribution in [3.8, 4) is 0 Å². The summed E-state index contributed by atoms with van der Waals surface area (Å²) in [6.45, 7) is 4.81. The molecule has 0 aromatic rings. The number of carbonyl (C=O) groups is 2. The highest BCUT2D eigenvalue weighted by atomic mass is 16.2. The monoisotopic (exact) mass is 183 g/mol. The van der Waals surface area contributed by atoms with Crippen molar-refractivity contribution in [1.29, 1.82) is 0 Å². The summed E-state index contributed by atoms with van der Waals surface area (Å²) in [5.74, 6) is 0.560. The zero-order valence-electron chi connectivity index (χ0n) is 8.25. The molecule has 1 aliphatic rings. The van der Waals surface area contributed by atoms with E-state index in [4.69, 9.17) is 0 Å². The zero-order chi connectivity index (χ0) is 9.84. The largest absolute Gasteiger partial charge is 0.356 e. The van der Waals surface area contributed by atoms with Gasteiger partial charge in [-0.15, -0.1) is 0 Å². The second-order valence-corrected chi connectivity index (χ2v) is 4.06. The number of rotatable bonds is 4. The van der Waals surface area contributed by atoms with Gasteiger partial charge in [0.15, 0.2) is 0 Å². The average Bonchev–Trinajstić information content (AvgIpc) is 2.46. The minimum absolute atomic E-state index is 0.0360. The Morgan fingerprint density at radius 3 is 2.69 bits per heavy atom. The summed E-state index contributed by atoms with van der Waals surface area (Å²) in [6.07, 6.45) is 2.58. The second kappa shape index (κ2) is 4.40. The van der Waals surface area contributed by atoms with E-state index in [1.165, 1.54) is 0 Å². The quantitative estimate of drug-likeness (QED) is 0.660. The van der Waals surface area contributed by atoms with Crippen LogP contribution in [-0.4, -0.2) is 18.7 Å². The van der Waals surface area contributed by atoms with Crippen LogP contribution in [0.1, 0.15) is 26.7 Å². The van der Waals surface area contributed by atoms with Gasteiger partial charge in [0.2, 0.25) is 5.91 Å². The fourth-order valence-electron chi connectivity index (χ4n) is 1.68. The molecule has 1 rings (SSSR count). The highest BCUT2D eigenvalue weighted by Gasteiger charge is 2.27. The van der Waals surface area contributed by atoms with E-state index < -0.39 is 0 Å². The molecule has 0 spiro atoms. The first-order valence-corrected chi connectivity index (χ1v) is 4.88. The molecule has 3 nitrogen and oxygen atoms in total. The molecule has 0 aliphatic carbocycles. The Morgan fingerprint density at radius 1 is 1.62 bits per heavy atom. The maximum Gasteiger partial charge on any atom is 0.223 e. The van der Waals surface area contributed by atoms with Gasteiger partial charge in [-0.25, -0.2) is 0 Å². The van der Waals surface area contributed by atoms with Crippen LogP contribution in [0.2, 0.25) is 0 Å². The van der Waals surface area contributed by atoms with Gasteiger partial charge in [-0.2, -0.15) is 0 Å². The Labute approximate surface area is 78.9 Å². The summed E-state index contributed by atoms with van der Waals surface area (Å²) in [7, 11) is 0. The maximum absolute atomic E-state index is 11.2. The van der Waals surface area contributed by atoms with Gasteiger partial charge in [-0.3, -0.25) is 4.79 Å². The molecule has 1 N–H and O–H groups in total. The third-order valence-corrected chi connectivity index (χ3v) is 2.75. The lowest BCUT2D eigenvalue weighted by atomic mass is 9.87. The molecule has 0 saturated carbocycles. The molecule has 74 valence electrons. The topological polar surface area (TPSA) is 46.2 Å². The molecular weight excluding hydrogens is 166 g/mol. The number of hydrogen-bond donors (Lipinski definition) is 1. The van der Waals surface area contributed by atoms with Crippen molar-refractivity contribution >= 4 is 12.2 Å². The second-order valence-electron chi connectivity index (χ2n) is 4.06. The Kier molecular flexibility index (Phi) is 3.46. The molecule has 1 aliphatic heterocycles. The van der Waals surface area contributed by atoms with E-state index in [0.717, 1.165) is 19.3 Å². The van der Waals surface area contributed by atoms with Crippen molar-refractivity contribution in [2.75, 3.05) is 6.54 Å². The molecule has 1 saturated heterocycles. The SMILES string of the molecule is CC(C)[C@H](C=O)C[C@@H]1CCNC1=O. The molecule has 0 aromatic carbocycles. The average molecular weight is 183 g/mol. The number of amides is 1. The van der Waals surface area contributed by atoms with Crippen molar-refractivity contribution in [3.05, 3.63) is 0 Å². The normalized spacial score (nSPS) is 24.5. The van der Waals surface area contributed by atoms with E-state index in [9.17, 15) is 9.59 Å². The minimum Gasteiger partial charge on any atom is -0.356 e. The Morgan fingerprint density at radius 2 is 2.31 bits per heavy atom. The fraction of sp³-hybridized carbons (Fsp3) is 0.800. The van der Waals surface area contributed by atoms with Crippen molar-refractivity contribution in [3.63, 3.8) is 0 Å². The van der Waals surface area contributed by atoms with Crippen LogP contribution < -0.4 is 5.32 Å². The molecule has 1 amide bonds. The molecular formula is C10H17NO2. The lowest BCUT2D eigenvalue weighted by Gasteiger charge is -2.16. The van der Waals surface area contributed by atoms with Crippen molar-refractivity contribution in [2.45, 2.75) is 26.7 Å². The van der Waals surface area contributed by atoms with Crippen LogP contribution >= 0.6 is 0 Å². The lowest BCUT2D eigenvalue weighted by molar-refractivity contribution is -0.123. The first-order chi connectivity index (χ1) is 6.15. The third kappa shape index (κ3) is 2.54. The van der Waals surface area contributed by atoms with Crippen LogP contribution in [0.25, 0.3) is 0 Å². The van der Waals surface area contributed by atoms with Crippen molar-refractivity contribution < 1.29 is 9.59 Å². The zero-order valence-corrected chi connectivity index (χ0v) is 8.25. The number of carbonyl (C=O) groups excluding carboxylic acids is 2. The number of hydrogen-bond acceptors (Lipinski definition) is 2. The van der Waals surface area contributed by atoms with Gasteiger partial charge in [0.05, 0.1) is 0 Å². The smallest absolute Gasteiger partial charge is 0.223 e. The van der Waals surface area contributed by atoms with Gasteiger partial charge in [-0.05, 0) is 18.8 Å². The Hall–Kier alpha value is -0.860. The van der Waals surface area contributed by atoms with E-state index in [-0.39, 0.29) is 17.7 Å². The van der Waals surface area contributed by atoms with Gasteiger partial charge in [0, 0.05) is 18.4 Å². The predicted octanol–water partition coefficient (Wildman–Crippen LogP) is 0.984. The molecule has 0 bridgehead atoms. The third-order valence-electron chi connectivity index (χ3n) is 2.75. The Balaban J connectivity index is 2.45. The van der Waals surface area contributed by atoms with Crippen LogP contribution in [0.5, 0.6) is 0 Å². The molecule has 13 heavy (non-hydrogen) atoms. The standard InChI is InChI=1S/C10H17NO2/c1-7(2)9(6-12)5-8-3-4-11-10(8)13/h6-9H,3-5H2,1-2H3,(H,11,13)/t8-,9-/m0/s1. The molecule has 1 heterocycles. The van der Waals surface area contributed by atoms with Gasteiger partial charge < -0.3 is 10.1 Å². The summed E-state index contributed by atoms with van der Waals surface area (Å²) in [6, 6.07) is 0. The molecule has 1 fully saturated rings. The van der Waals surface area contributed by atoms with Crippen LogP contribution in [0, 0.1) is 17.8 Å². The van der Waals surface area contributed by atoms with E-state index in [1.54, 1.807) is 0 Å². The summed E-state index contributed by atoms with van der Waals surface area (Å²) >= 11 is 0. The highest BCUT2D eigenvalue weighted by molar-refractivity contribution is 5.80. The number of nitrogens with one attached hydrogen (secondary N) is 1. The fourth-order valence-corrected chi connectivity index (χ4v) is 1.68. The van der Waals surface area contributed by atoms with Crippen molar-refractivity contribution in [1.82, 2.24) is 5.32 Å². The van der Waals surface area contributed by atoms with Gasteiger partial charge in [0.25, 0.3) is 0 Å². The molecule has 3 heteroatoms. The van der Waals surface area contributed by atoms with Crippen LogP contribution in [0.15, 0.2) is 0 Å². The van der Waals surface area contributed by atoms with Gasteiger partial charge >= 0.3 is 0 Å².